The number of nitrogens with two attached hydrogens (primary N) is 1. The smallest absolute Gasteiger partial charge is 0.122 e. The highest BCUT2D eigenvalue weighted by Gasteiger charge is 1.91. The van der Waals surface area contributed by atoms with Crippen molar-refractivity contribution in [3.63, 3.8) is 0 Å². The van der Waals surface area contributed by atoms with Gasteiger partial charge in [0.05, 0.1) is 5.69 Å². The number of nitrogens with zero attached hydrogens (tertiary/aromatic N) is 1. The first-order valence-corrected chi connectivity index (χ1v) is 3.92. The highest BCUT2D eigenvalue weighted by molar-refractivity contribution is 7.80. The van der Waals surface area contributed by atoms with E-state index in [0.29, 0.717) is 10.7 Å². The Kier molecular flexibility index (Phi) is 5.29. The fraction of sp³-hybridized carbons (Fsp3) is 0.250. The van der Waals surface area contributed by atoms with Gasteiger partial charge in [0.2, 0.25) is 0 Å². The van der Waals surface area contributed by atoms with Crippen molar-refractivity contribution in [2.75, 3.05) is 0 Å². The van der Waals surface area contributed by atoms with Gasteiger partial charge in [0, 0.05) is 6.20 Å². The fourth-order valence-electron chi connectivity index (χ4n) is 0.509. The van der Waals surface area contributed by atoms with Gasteiger partial charge in [-0.1, -0.05) is 32.1 Å². The maximum absolute atomic E-state index is 5.28. The predicted molar refractivity (Wildman–Crippen MR) is 51.5 cm³/mol. The summed E-state index contributed by atoms with van der Waals surface area (Å²) in [6.45, 7) is 4.00. The second kappa shape index (κ2) is 5.80. The van der Waals surface area contributed by atoms with Crippen LogP contribution in [0.4, 0.5) is 0 Å². The Hall–Kier alpha value is -0.960. The molecule has 1 rings (SSSR count). The van der Waals surface area contributed by atoms with Crippen LogP contribution in [0.3, 0.4) is 0 Å². The molecule has 0 aliphatic rings. The number of rotatable bonds is 1. The van der Waals surface area contributed by atoms with Gasteiger partial charge in [0.1, 0.15) is 4.99 Å². The third kappa shape index (κ3) is 3.68. The van der Waals surface area contributed by atoms with Crippen LogP contribution in [-0.4, -0.2) is 9.97 Å². The molecule has 0 saturated heterocycles. The van der Waals surface area contributed by atoms with Crippen LogP contribution >= 0.6 is 12.2 Å². The van der Waals surface area contributed by atoms with Crippen molar-refractivity contribution in [1.82, 2.24) is 4.98 Å². The van der Waals surface area contributed by atoms with Gasteiger partial charge in [-0.05, 0) is 12.1 Å². The van der Waals surface area contributed by atoms with Crippen LogP contribution in [0.15, 0.2) is 24.4 Å². The van der Waals surface area contributed by atoms with Crippen molar-refractivity contribution in [2.24, 2.45) is 5.73 Å². The molecule has 0 bridgehead atoms. The highest BCUT2D eigenvalue weighted by atomic mass is 32.1. The molecule has 0 unspecified atom stereocenters. The molecule has 1 aromatic heterocycles. The van der Waals surface area contributed by atoms with E-state index in [4.69, 9.17) is 5.73 Å². The lowest BCUT2D eigenvalue weighted by molar-refractivity contribution is 1.29. The zero-order chi connectivity index (χ0) is 8.69. The fourth-order valence-corrected chi connectivity index (χ4v) is 0.629. The van der Waals surface area contributed by atoms with Crippen LogP contribution in [0.25, 0.3) is 0 Å². The molecule has 1 heterocycles. The van der Waals surface area contributed by atoms with E-state index < -0.39 is 0 Å². The average molecular weight is 168 g/mol. The van der Waals surface area contributed by atoms with E-state index in [0.717, 1.165) is 0 Å². The number of hydrogen-bond acceptors (Lipinski definition) is 2. The van der Waals surface area contributed by atoms with E-state index in [9.17, 15) is 0 Å². The van der Waals surface area contributed by atoms with Crippen LogP contribution in [-0.2, 0) is 0 Å². The summed E-state index contributed by atoms with van der Waals surface area (Å²) in [7, 11) is 0. The van der Waals surface area contributed by atoms with Crippen LogP contribution in [0.1, 0.15) is 19.5 Å². The molecule has 0 radical (unpaired) electrons. The Labute approximate surface area is 72.5 Å². The molecule has 0 aliphatic heterocycles. The first kappa shape index (κ1) is 10.0. The third-order valence-corrected chi connectivity index (χ3v) is 1.13. The van der Waals surface area contributed by atoms with E-state index in [1.54, 1.807) is 12.3 Å². The van der Waals surface area contributed by atoms with Gasteiger partial charge in [-0.3, -0.25) is 4.98 Å². The first-order chi connectivity index (χ1) is 5.30. The molecule has 11 heavy (non-hydrogen) atoms. The van der Waals surface area contributed by atoms with Crippen molar-refractivity contribution in [3.8, 4) is 0 Å². The number of thiocarbonyl (C=S) groups is 1. The van der Waals surface area contributed by atoms with E-state index in [1.165, 1.54) is 0 Å². The number of hydrogen-bond donors (Lipinski definition) is 1. The lowest BCUT2D eigenvalue weighted by Crippen LogP contribution is -2.10. The molecule has 0 fully saturated rings. The summed E-state index contributed by atoms with van der Waals surface area (Å²) >= 11 is 4.68. The van der Waals surface area contributed by atoms with Gasteiger partial charge in [-0.2, -0.15) is 0 Å². The minimum atomic E-state index is 0.343. The zero-order valence-electron chi connectivity index (χ0n) is 6.74. The molecule has 0 saturated carbocycles. The number of aromatic nitrogens is 1. The monoisotopic (exact) mass is 168 g/mol. The molecule has 3 heteroatoms. The normalized spacial score (nSPS) is 7.82. The van der Waals surface area contributed by atoms with Crippen molar-refractivity contribution in [2.45, 2.75) is 13.8 Å². The molecular formula is C8H12N2S. The Morgan fingerprint density at radius 3 is 2.36 bits per heavy atom. The standard InChI is InChI=1S/C6H6N2S.C2H6/c7-6(9)5-3-1-2-4-8-5;1-2/h1-4H,(H2,7,9);1-2H3. The molecule has 1 aromatic rings. The van der Waals surface area contributed by atoms with Crippen LogP contribution in [0.5, 0.6) is 0 Å². The second-order valence-electron chi connectivity index (χ2n) is 1.58. The van der Waals surface area contributed by atoms with Crippen LogP contribution < -0.4 is 5.73 Å². The minimum Gasteiger partial charge on any atom is -0.388 e. The summed E-state index contributed by atoms with van der Waals surface area (Å²) in [4.78, 5) is 4.26. The zero-order valence-corrected chi connectivity index (χ0v) is 7.56. The van der Waals surface area contributed by atoms with E-state index >= 15 is 0 Å². The molecular weight excluding hydrogens is 156 g/mol. The summed E-state index contributed by atoms with van der Waals surface area (Å²) in [5.74, 6) is 0. The van der Waals surface area contributed by atoms with E-state index in [1.807, 2.05) is 26.0 Å². The van der Waals surface area contributed by atoms with E-state index in [2.05, 4.69) is 17.2 Å². The predicted octanol–water partition coefficient (Wildman–Crippen LogP) is 1.74. The summed E-state index contributed by atoms with van der Waals surface area (Å²) in [5.41, 5.74) is 5.96. The maximum Gasteiger partial charge on any atom is 0.122 e. The summed E-state index contributed by atoms with van der Waals surface area (Å²) in [6, 6.07) is 5.45. The van der Waals surface area contributed by atoms with Crippen molar-refractivity contribution in [1.29, 1.82) is 0 Å². The molecule has 0 amide bonds. The van der Waals surface area contributed by atoms with Crippen molar-refractivity contribution >= 4 is 17.2 Å². The molecule has 0 atom stereocenters. The third-order valence-electron chi connectivity index (χ3n) is 0.917. The van der Waals surface area contributed by atoms with Gasteiger partial charge in [0.15, 0.2) is 0 Å². The molecule has 0 spiro atoms. The number of pyridine rings is 1. The quantitative estimate of drug-likeness (QED) is 0.649. The molecule has 0 aliphatic carbocycles. The van der Waals surface area contributed by atoms with Crippen LogP contribution in [0.2, 0.25) is 0 Å². The Morgan fingerprint density at radius 1 is 1.45 bits per heavy atom. The second-order valence-corrected chi connectivity index (χ2v) is 2.02. The van der Waals surface area contributed by atoms with Gasteiger partial charge in [-0.25, -0.2) is 0 Å². The highest BCUT2D eigenvalue weighted by Crippen LogP contribution is 1.90. The van der Waals surface area contributed by atoms with Crippen LogP contribution in [0, 0.1) is 0 Å². The minimum absolute atomic E-state index is 0.343. The Balaban J connectivity index is 0.000000461. The lowest BCUT2D eigenvalue weighted by atomic mass is 10.4. The largest absolute Gasteiger partial charge is 0.388 e. The summed E-state index contributed by atoms with van der Waals surface area (Å²) in [5, 5.41) is 0. The first-order valence-electron chi connectivity index (χ1n) is 3.51. The van der Waals surface area contributed by atoms with Crippen molar-refractivity contribution < 1.29 is 0 Å². The molecule has 60 valence electrons. The van der Waals surface area contributed by atoms with E-state index in [-0.39, 0.29) is 0 Å². The average Bonchev–Trinajstić information content (AvgIpc) is 2.10. The molecule has 0 aromatic carbocycles. The lowest BCUT2D eigenvalue weighted by Gasteiger charge is -1.91. The summed E-state index contributed by atoms with van der Waals surface area (Å²) < 4.78 is 0. The Bertz CT molecular complexity index is 209. The molecule has 2 nitrogen and oxygen atoms in total. The van der Waals surface area contributed by atoms with Gasteiger partial charge >= 0.3 is 0 Å². The topological polar surface area (TPSA) is 38.9 Å². The van der Waals surface area contributed by atoms with Gasteiger partial charge in [-0.15, -0.1) is 0 Å². The van der Waals surface area contributed by atoms with Gasteiger partial charge in [0.25, 0.3) is 0 Å². The van der Waals surface area contributed by atoms with Gasteiger partial charge < -0.3 is 5.73 Å². The summed E-state index contributed by atoms with van der Waals surface area (Å²) in [6.07, 6.45) is 1.66. The Morgan fingerprint density at radius 2 is 2.09 bits per heavy atom. The SMILES string of the molecule is CC.NC(=S)c1ccccn1. The van der Waals surface area contributed by atoms with Crippen molar-refractivity contribution in [3.05, 3.63) is 30.1 Å². The molecule has 2 N–H and O–H groups in total. The maximum atomic E-state index is 5.28.